The Hall–Kier alpha value is 1.04. The van der Waals surface area contributed by atoms with Crippen molar-refractivity contribution in [2.45, 2.75) is 22.6 Å². The lowest BCUT2D eigenvalue weighted by Gasteiger charge is -1.91. The second kappa shape index (κ2) is 2.55. The van der Waals surface area contributed by atoms with Gasteiger partial charge in [0, 0.05) is 5.25 Å². The highest BCUT2D eigenvalue weighted by Crippen LogP contribution is 2.24. The maximum atomic E-state index is 3.27. The first-order valence-corrected chi connectivity index (χ1v) is 4.47. The van der Waals surface area contributed by atoms with E-state index in [2.05, 4.69) is 34.2 Å². The lowest BCUT2D eigenvalue weighted by molar-refractivity contribution is 0.824. The Morgan fingerprint density at radius 1 is 1.86 bits per heavy atom. The molecular weight excluding hydrogens is 221 g/mol. The van der Waals surface area contributed by atoms with Gasteiger partial charge in [0.15, 0.2) is 0 Å². The average Bonchev–Trinajstić information content (AvgIpc) is 1.87. The smallest absolute Gasteiger partial charge is 0.0698 e. The standard InChI is InChI=1S/C4H8INS/c1-3-2-4(5)6-7-3/h3-4,6H,2H2,1H3. The summed E-state index contributed by atoms with van der Waals surface area (Å²) in [5.41, 5.74) is 0. The van der Waals surface area contributed by atoms with E-state index < -0.39 is 0 Å². The van der Waals surface area contributed by atoms with Crippen LogP contribution in [-0.4, -0.2) is 9.30 Å². The summed E-state index contributed by atoms with van der Waals surface area (Å²) in [4.78, 5) is 0. The maximum Gasteiger partial charge on any atom is 0.0698 e. The molecule has 1 heterocycles. The lowest BCUT2D eigenvalue weighted by atomic mass is 10.3. The zero-order valence-electron chi connectivity index (χ0n) is 4.15. The van der Waals surface area contributed by atoms with Gasteiger partial charge >= 0.3 is 0 Å². The highest BCUT2D eigenvalue weighted by atomic mass is 127. The fraction of sp³-hybridized carbons (Fsp3) is 1.00. The van der Waals surface area contributed by atoms with Gasteiger partial charge in [-0.15, -0.1) is 0 Å². The normalized spacial score (nSPS) is 42.0. The third kappa shape index (κ3) is 1.77. The Bertz CT molecular complexity index is 60.7. The third-order valence-electron chi connectivity index (χ3n) is 0.936. The van der Waals surface area contributed by atoms with Crippen molar-refractivity contribution in [3.05, 3.63) is 0 Å². The van der Waals surface area contributed by atoms with E-state index in [0.717, 1.165) is 5.25 Å². The molecule has 1 fully saturated rings. The van der Waals surface area contributed by atoms with Gasteiger partial charge in [-0.1, -0.05) is 41.5 Å². The molecule has 0 saturated carbocycles. The number of halogens is 1. The predicted molar refractivity (Wildman–Crippen MR) is 42.6 cm³/mol. The first-order valence-electron chi connectivity index (χ1n) is 2.34. The Balaban J connectivity index is 2.26. The van der Waals surface area contributed by atoms with Gasteiger partial charge in [0.2, 0.25) is 0 Å². The highest BCUT2D eigenvalue weighted by molar-refractivity contribution is 14.1. The van der Waals surface area contributed by atoms with Gasteiger partial charge in [-0.05, 0) is 6.42 Å². The molecule has 3 heteroatoms. The van der Waals surface area contributed by atoms with Crippen molar-refractivity contribution in [1.82, 2.24) is 4.72 Å². The Morgan fingerprint density at radius 2 is 2.57 bits per heavy atom. The summed E-state index contributed by atoms with van der Waals surface area (Å²) < 4.78 is 3.98. The molecule has 0 radical (unpaired) electrons. The average molecular weight is 229 g/mol. The van der Waals surface area contributed by atoms with Crippen LogP contribution in [0.5, 0.6) is 0 Å². The monoisotopic (exact) mass is 229 g/mol. The van der Waals surface area contributed by atoms with E-state index in [-0.39, 0.29) is 0 Å². The number of alkyl halides is 1. The van der Waals surface area contributed by atoms with Crippen LogP contribution in [0.15, 0.2) is 0 Å². The molecule has 1 nitrogen and oxygen atoms in total. The molecule has 1 saturated heterocycles. The van der Waals surface area contributed by atoms with Gasteiger partial charge in [0.25, 0.3) is 0 Å². The molecule has 0 amide bonds. The fourth-order valence-electron chi connectivity index (χ4n) is 0.578. The largest absolute Gasteiger partial charge is 0.251 e. The molecule has 0 aromatic heterocycles. The molecule has 7 heavy (non-hydrogen) atoms. The van der Waals surface area contributed by atoms with Crippen LogP contribution >= 0.6 is 34.5 Å². The number of hydrogen-bond acceptors (Lipinski definition) is 2. The number of hydrogen-bond donors (Lipinski definition) is 1. The van der Waals surface area contributed by atoms with Crippen molar-refractivity contribution in [2.24, 2.45) is 0 Å². The van der Waals surface area contributed by atoms with Crippen molar-refractivity contribution in [2.75, 3.05) is 0 Å². The third-order valence-corrected chi connectivity index (χ3v) is 3.19. The highest BCUT2D eigenvalue weighted by Gasteiger charge is 2.17. The quantitative estimate of drug-likeness (QED) is 0.294. The van der Waals surface area contributed by atoms with Crippen LogP contribution in [0.4, 0.5) is 0 Å². The molecule has 2 unspecified atom stereocenters. The summed E-state index contributed by atoms with van der Waals surface area (Å²) in [6.45, 7) is 2.25. The SMILES string of the molecule is CC1CC(I)NS1. The summed E-state index contributed by atoms with van der Waals surface area (Å²) in [7, 11) is 0. The molecule has 1 N–H and O–H groups in total. The summed E-state index contributed by atoms with van der Waals surface area (Å²) in [6, 6.07) is 0. The van der Waals surface area contributed by atoms with E-state index >= 15 is 0 Å². The van der Waals surface area contributed by atoms with Crippen molar-refractivity contribution in [3.63, 3.8) is 0 Å². The van der Waals surface area contributed by atoms with Crippen LogP contribution in [0.2, 0.25) is 0 Å². The topological polar surface area (TPSA) is 12.0 Å². The number of nitrogens with one attached hydrogen (secondary N) is 1. The molecule has 0 spiro atoms. The molecule has 0 aromatic carbocycles. The molecule has 2 atom stereocenters. The van der Waals surface area contributed by atoms with Gasteiger partial charge < -0.3 is 0 Å². The summed E-state index contributed by atoms with van der Waals surface area (Å²) in [5.74, 6) is 0. The fourth-order valence-corrected chi connectivity index (χ4v) is 2.89. The molecule has 0 aliphatic carbocycles. The molecular formula is C4H8INS. The minimum absolute atomic E-state index is 0.706. The lowest BCUT2D eigenvalue weighted by Crippen LogP contribution is -2.05. The molecule has 1 aliphatic rings. The minimum atomic E-state index is 0.706. The van der Waals surface area contributed by atoms with Crippen LogP contribution in [0.1, 0.15) is 13.3 Å². The Labute approximate surface area is 61.9 Å². The second-order valence-corrected chi connectivity index (χ2v) is 4.53. The summed E-state index contributed by atoms with van der Waals surface area (Å²) in [5, 5.41) is 0.821. The van der Waals surface area contributed by atoms with E-state index in [0.29, 0.717) is 4.05 Å². The molecule has 0 aromatic rings. The van der Waals surface area contributed by atoms with Crippen LogP contribution in [0, 0.1) is 0 Å². The van der Waals surface area contributed by atoms with Crippen molar-refractivity contribution >= 4 is 34.5 Å². The van der Waals surface area contributed by atoms with Crippen LogP contribution in [-0.2, 0) is 0 Å². The second-order valence-electron chi connectivity index (χ2n) is 1.75. The van der Waals surface area contributed by atoms with E-state index in [1.54, 1.807) is 0 Å². The van der Waals surface area contributed by atoms with Crippen LogP contribution < -0.4 is 4.72 Å². The van der Waals surface area contributed by atoms with Crippen LogP contribution in [0.25, 0.3) is 0 Å². The number of rotatable bonds is 0. The first kappa shape index (κ1) is 6.16. The van der Waals surface area contributed by atoms with Crippen molar-refractivity contribution in [3.8, 4) is 0 Å². The maximum absolute atomic E-state index is 3.27. The van der Waals surface area contributed by atoms with E-state index in [1.165, 1.54) is 6.42 Å². The molecule has 0 bridgehead atoms. The zero-order valence-corrected chi connectivity index (χ0v) is 7.12. The summed E-state index contributed by atoms with van der Waals surface area (Å²) in [6.07, 6.45) is 1.31. The van der Waals surface area contributed by atoms with Crippen molar-refractivity contribution in [1.29, 1.82) is 0 Å². The molecule has 42 valence electrons. The van der Waals surface area contributed by atoms with E-state index in [4.69, 9.17) is 0 Å². The van der Waals surface area contributed by atoms with Crippen LogP contribution in [0.3, 0.4) is 0 Å². The molecule has 1 rings (SSSR count). The van der Waals surface area contributed by atoms with E-state index in [9.17, 15) is 0 Å². The van der Waals surface area contributed by atoms with Gasteiger partial charge in [0.05, 0.1) is 4.05 Å². The summed E-state index contributed by atoms with van der Waals surface area (Å²) >= 11 is 4.26. The predicted octanol–water partition coefficient (Wildman–Crippen LogP) is 1.78. The molecule has 1 aliphatic heterocycles. The zero-order chi connectivity index (χ0) is 5.28. The van der Waals surface area contributed by atoms with Crippen molar-refractivity contribution < 1.29 is 0 Å². The Morgan fingerprint density at radius 3 is 2.71 bits per heavy atom. The van der Waals surface area contributed by atoms with Gasteiger partial charge in [-0.3, -0.25) is 4.72 Å². The van der Waals surface area contributed by atoms with Gasteiger partial charge in [0.1, 0.15) is 0 Å². The first-order chi connectivity index (χ1) is 3.29. The Kier molecular flexibility index (Phi) is 2.24. The minimum Gasteiger partial charge on any atom is -0.251 e. The van der Waals surface area contributed by atoms with E-state index in [1.807, 2.05) is 11.9 Å². The van der Waals surface area contributed by atoms with Gasteiger partial charge in [-0.2, -0.15) is 0 Å². The van der Waals surface area contributed by atoms with Gasteiger partial charge in [-0.25, -0.2) is 0 Å².